The molecule has 0 amide bonds. The summed E-state index contributed by atoms with van der Waals surface area (Å²) in [6.07, 6.45) is 4.69. The van der Waals surface area contributed by atoms with E-state index >= 15 is 0 Å². The minimum absolute atomic E-state index is 0. The second kappa shape index (κ2) is 18.0. The molecule has 0 aliphatic carbocycles. The Bertz CT molecular complexity index is 361. The van der Waals surface area contributed by atoms with Crippen molar-refractivity contribution >= 4 is 0 Å². The molecule has 0 radical (unpaired) electrons. The first-order valence-corrected chi connectivity index (χ1v) is 9.64. The van der Waals surface area contributed by atoms with Gasteiger partial charge in [0.2, 0.25) is 0 Å². The summed E-state index contributed by atoms with van der Waals surface area (Å²) in [4.78, 5) is 0. The van der Waals surface area contributed by atoms with E-state index in [0.717, 1.165) is 55.2 Å². The van der Waals surface area contributed by atoms with Gasteiger partial charge < -0.3 is 19.3 Å². The molecule has 5 heteroatoms. The molecule has 0 aromatic rings. The summed E-state index contributed by atoms with van der Waals surface area (Å²) in [5.41, 5.74) is 2.37. The number of ether oxygens (including phenoxy) is 3. The Balaban J connectivity index is 0. The topological polar surface area (TPSA) is 47.9 Å². The molecule has 0 spiro atoms. The molecule has 0 unspecified atom stereocenters. The molecule has 0 aliphatic rings. The van der Waals surface area contributed by atoms with Gasteiger partial charge in [-0.2, -0.15) is 0 Å². The molecule has 4 nitrogen and oxygen atoms in total. The average molecular weight is 460 g/mol. The van der Waals surface area contributed by atoms with E-state index in [1.807, 2.05) is 20.8 Å². The van der Waals surface area contributed by atoms with E-state index in [2.05, 4.69) is 19.7 Å². The van der Waals surface area contributed by atoms with Crippen LogP contribution in [-0.2, 0) is 40.4 Å². The summed E-state index contributed by atoms with van der Waals surface area (Å²) in [6, 6.07) is 0. The van der Waals surface area contributed by atoms with Crippen LogP contribution in [0.1, 0.15) is 59.3 Å². The van der Waals surface area contributed by atoms with Crippen LogP contribution in [-0.4, -0.2) is 50.3 Å². The first kappa shape index (κ1) is 29.1. The molecule has 0 aromatic carbocycles. The molecule has 0 saturated heterocycles. The van der Waals surface area contributed by atoms with Crippen molar-refractivity contribution in [1.82, 2.24) is 0 Å². The van der Waals surface area contributed by atoms with Crippen LogP contribution in [0.2, 0.25) is 0 Å². The third kappa shape index (κ3) is 20.5. The van der Waals surface area contributed by atoms with E-state index in [1.54, 1.807) is 0 Å². The van der Waals surface area contributed by atoms with Crippen molar-refractivity contribution in [3.63, 3.8) is 0 Å². The van der Waals surface area contributed by atoms with Gasteiger partial charge in [-0.05, 0) is 59.3 Å². The summed E-state index contributed by atoms with van der Waals surface area (Å²) in [5.74, 6) is 0. The van der Waals surface area contributed by atoms with Crippen LogP contribution in [0.5, 0.6) is 0 Å². The Labute approximate surface area is 186 Å². The van der Waals surface area contributed by atoms with Crippen molar-refractivity contribution in [3.05, 3.63) is 36.5 Å². The van der Waals surface area contributed by atoms with Crippen LogP contribution in [0.3, 0.4) is 0 Å². The van der Waals surface area contributed by atoms with Gasteiger partial charge in [-0.15, -0.1) is 0 Å². The van der Waals surface area contributed by atoms with Crippen LogP contribution in [0.25, 0.3) is 0 Å². The van der Waals surface area contributed by atoms with Crippen molar-refractivity contribution in [2.45, 2.75) is 64.9 Å². The summed E-state index contributed by atoms with van der Waals surface area (Å²) in [5, 5.41) is 11.0. The molecule has 0 fully saturated rings. The Morgan fingerprint density at radius 3 is 1.15 bits per heavy atom. The first-order valence-electron chi connectivity index (χ1n) is 9.64. The fourth-order valence-corrected chi connectivity index (χ4v) is 2.62. The van der Waals surface area contributed by atoms with E-state index < -0.39 is 5.60 Å². The maximum absolute atomic E-state index is 11.0. The van der Waals surface area contributed by atoms with Crippen molar-refractivity contribution < 1.29 is 45.5 Å². The number of hydrogen-bond donors (Lipinski definition) is 1. The molecule has 0 atom stereocenters. The van der Waals surface area contributed by atoms with Gasteiger partial charge in [0.15, 0.2) is 0 Å². The molecule has 0 aromatic heterocycles. The van der Waals surface area contributed by atoms with Gasteiger partial charge in [0.1, 0.15) is 0 Å². The third-order valence-electron chi connectivity index (χ3n) is 3.84. The second-order valence-electron chi connectivity index (χ2n) is 7.56. The molecule has 1 N–H and O–H groups in total. The molecule has 0 saturated carbocycles. The monoisotopic (exact) mass is 458 g/mol. The van der Waals surface area contributed by atoms with Crippen LogP contribution in [0.4, 0.5) is 0 Å². The third-order valence-corrected chi connectivity index (χ3v) is 3.84. The Morgan fingerprint density at radius 1 is 0.667 bits per heavy atom. The predicted octanol–water partition coefficient (Wildman–Crippen LogP) is 4.83. The van der Waals surface area contributed by atoms with Gasteiger partial charge in [0, 0.05) is 46.0 Å². The molecular formula is C22H40O4Zr. The largest absolute Gasteiger partial charge is 0.390 e. The summed E-state index contributed by atoms with van der Waals surface area (Å²) in [6.45, 7) is 21.0. The Morgan fingerprint density at radius 2 is 0.926 bits per heavy atom. The zero-order valence-corrected chi connectivity index (χ0v) is 20.2. The SMILES string of the molecule is C=C(C)COCCCC(O)(CCCOCC(=C)C)CCCOCC(=C)C.[Zr]. The van der Waals surface area contributed by atoms with E-state index in [4.69, 9.17) is 14.2 Å². The second-order valence-corrected chi connectivity index (χ2v) is 7.56. The van der Waals surface area contributed by atoms with Crippen LogP contribution in [0, 0.1) is 0 Å². The number of aliphatic hydroxyl groups is 1. The zero-order valence-electron chi connectivity index (χ0n) is 17.8. The van der Waals surface area contributed by atoms with Gasteiger partial charge in [0.05, 0.1) is 25.4 Å². The molecular weight excluding hydrogens is 419 g/mol. The van der Waals surface area contributed by atoms with Gasteiger partial charge in [-0.3, -0.25) is 0 Å². The Hall–Kier alpha value is -0.0569. The van der Waals surface area contributed by atoms with Gasteiger partial charge in [-0.25, -0.2) is 0 Å². The minimum atomic E-state index is -0.689. The summed E-state index contributed by atoms with van der Waals surface area (Å²) < 4.78 is 16.6. The van der Waals surface area contributed by atoms with Gasteiger partial charge >= 0.3 is 0 Å². The van der Waals surface area contributed by atoms with Crippen molar-refractivity contribution in [2.24, 2.45) is 0 Å². The maximum Gasteiger partial charge on any atom is 0.0671 e. The summed E-state index contributed by atoms with van der Waals surface area (Å²) >= 11 is 0. The molecule has 27 heavy (non-hydrogen) atoms. The van der Waals surface area contributed by atoms with Crippen molar-refractivity contribution in [1.29, 1.82) is 0 Å². The van der Waals surface area contributed by atoms with E-state index in [-0.39, 0.29) is 26.2 Å². The fourth-order valence-electron chi connectivity index (χ4n) is 2.62. The van der Waals surface area contributed by atoms with E-state index in [1.165, 1.54) is 0 Å². The quantitative estimate of drug-likeness (QED) is 0.235. The number of rotatable bonds is 18. The standard InChI is InChI=1S/C22H40O4.Zr/c1-19(2)16-24-13-7-10-22(23,11-8-14-25-17-20(3)4)12-9-15-26-18-21(5)6;/h23H,1,3,5,7-18H2,2,4,6H3;. The molecule has 0 bridgehead atoms. The maximum atomic E-state index is 11.0. The zero-order chi connectivity index (χ0) is 19.8. The first-order chi connectivity index (χ1) is 12.2. The van der Waals surface area contributed by atoms with E-state index in [0.29, 0.717) is 39.6 Å². The van der Waals surface area contributed by atoms with Crippen LogP contribution < -0.4 is 0 Å². The van der Waals surface area contributed by atoms with E-state index in [9.17, 15) is 5.11 Å². The minimum Gasteiger partial charge on any atom is -0.390 e. The van der Waals surface area contributed by atoms with Crippen molar-refractivity contribution in [2.75, 3.05) is 39.6 Å². The smallest absolute Gasteiger partial charge is 0.0671 e. The van der Waals surface area contributed by atoms with Gasteiger partial charge in [0.25, 0.3) is 0 Å². The molecule has 0 rings (SSSR count). The van der Waals surface area contributed by atoms with Gasteiger partial charge in [-0.1, -0.05) is 36.5 Å². The fraction of sp³-hybridized carbons (Fsp3) is 0.727. The van der Waals surface area contributed by atoms with Crippen LogP contribution in [0.15, 0.2) is 36.5 Å². The summed E-state index contributed by atoms with van der Waals surface area (Å²) in [7, 11) is 0. The number of hydrogen-bond acceptors (Lipinski definition) is 4. The molecule has 156 valence electrons. The normalized spacial score (nSPS) is 11.1. The Kier molecular flexibility index (Phi) is 19.4. The molecule has 0 aliphatic heterocycles. The average Bonchev–Trinajstić information content (AvgIpc) is 2.53. The molecule has 0 heterocycles. The van der Waals surface area contributed by atoms with Crippen LogP contribution >= 0.6 is 0 Å². The predicted molar refractivity (Wildman–Crippen MR) is 110 cm³/mol. The van der Waals surface area contributed by atoms with Crippen molar-refractivity contribution in [3.8, 4) is 0 Å².